The van der Waals surface area contributed by atoms with E-state index in [4.69, 9.17) is 5.84 Å². The van der Waals surface area contributed by atoms with Crippen molar-refractivity contribution in [2.75, 3.05) is 0 Å². The predicted molar refractivity (Wildman–Crippen MR) is 81.7 cm³/mol. The van der Waals surface area contributed by atoms with Gasteiger partial charge in [0.05, 0.1) is 15.9 Å². The Bertz CT molecular complexity index is 410. The maximum absolute atomic E-state index is 5.75. The van der Waals surface area contributed by atoms with E-state index >= 15 is 0 Å². The number of hydrogen-bond donors (Lipinski definition) is 2. The van der Waals surface area contributed by atoms with Crippen molar-refractivity contribution in [1.29, 1.82) is 0 Å². The van der Waals surface area contributed by atoms with Gasteiger partial charge in [-0.1, -0.05) is 25.7 Å². The van der Waals surface area contributed by atoms with Gasteiger partial charge in [-0.15, -0.1) is 0 Å². The summed E-state index contributed by atoms with van der Waals surface area (Å²) in [4.78, 5) is 0. The van der Waals surface area contributed by atoms with Crippen LogP contribution in [-0.2, 0) is 13.0 Å². The van der Waals surface area contributed by atoms with Crippen LogP contribution in [0.3, 0.4) is 0 Å². The number of nitrogens with two attached hydrogens (primary N) is 1. The van der Waals surface area contributed by atoms with E-state index in [1.54, 1.807) is 0 Å². The van der Waals surface area contributed by atoms with Crippen LogP contribution in [0.4, 0.5) is 0 Å². The Hall–Kier alpha value is -0.390. The maximum Gasteiger partial charge on any atom is 0.0738 e. The van der Waals surface area contributed by atoms with Crippen LogP contribution in [0.5, 0.6) is 0 Å². The van der Waals surface area contributed by atoms with Crippen LogP contribution >= 0.6 is 15.9 Å². The molecule has 2 rings (SSSR count). The molecule has 0 aromatic carbocycles. The van der Waals surface area contributed by atoms with Gasteiger partial charge in [0.25, 0.3) is 0 Å². The second-order valence-electron chi connectivity index (χ2n) is 5.62. The molecule has 0 saturated heterocycles. The van der Waals surface area contributed by atoms with Crippen molar-refractivity contribution in [1.82, 2.24) is 15.2 Å². The van der Waals surface area contributed by atoms with Gasteiger partial charge in [-0.3, -0.25) is 16.0 Å². The quantitative estimate of drug-likeness (QED) is 0.623. The Balaban J connectivity index is 2.04. The molecule has 1 unspecified atom stereocenters. The summed E-state index contributed by atoms with van der Waals surface area (Å²) in [6, 6.07) is 0.348. The van der Waals surface area contributed by atoms with Crippen molar-refractivity contribution in [2.24, 2.45) is 11.8 Å². The molecule has 0 aliphatic heterocycles. The maximum atomic E-state index is 5.75. The molecule has 5 heteroatoms. The number of halogens is 1. The van der Waals surface area contributed by atoms with Gasteiger partial charge in [0.2, 0.25) is 0 Å². The molecule has 0 amide bonds. The number of hydrazine groups is 1. The zero-order valence-electron chi connectivity index (χ0n) is 12.0. The number of aryl methyl sites for hydroxylation is 2. The Morgan fingerprint density at radius 3 is 2.74 bits per heavy atom. The molecule has 0 bridgehead atoms. The molecule has 1 heterocycles. The lowest BCUT2D eigenvalue weighted by molar-refractivity contribution is 0.382. The van der Waals surface area contributed by atoms with Gasteiger partial charge >= 0.3 is 0 Å². The van der Waals surface area contributed by atoms with Crippen LogP contribution in [0.25, 0.3) is 0 Å². The van der Waals surface area contributed by atoms with Gasteiger partial charge in [0.15, 0.2) is 0 Å². The lowest BCUT2D eigenvalue weighted by Crippen LogP contribution is -2.38. The molecule has 0 spiro atoms. The average molecular weight is 329 g/mol. The van der Waals surface area contributed by atoms with Crippen LogP contribution in [-0.4, -0.2) is 15.8 Å². The van der Waals surface area contributed by atoms with Crippen molar-refractivity contribution in [3.05, 3.63) is 15.9 Å². The highest BCUT2D eigenvalue weighted by Gasteiger charge is 2.22. The summed E-state index contributed by atoms with van der Waals surface area (Å²) in [6.45, 7) is 5.08. The molecule has 1 aromatic rings. The van der Waals surface area contributed by atoms with E-state index in [2.05, 4.69) is 38.1 Å². The van der Waals surface area contributed by atoms with Gasteiger partial charge in [-0.2, -0.15) is 5.10 Å². The highest BCUT2D eigenvalue weighted by molar-refractivity contribution is 9.10. The van der Waals surface area contributed by atoms with E-state index in [0.717, 1.165) is 29.1 Å². The van der Waals surface area contributed by atoms with Crippen LogP contribution in [0, 0.1) is 12.8 Å². The normalized spacial score (nSPS) is 18.1. The minimum Gasteiger partial charge on any atom is -0.271 e. The third-order valence-corrected chi connectivity index (χ3v) is 5.25. The van der Waals surface area contributed by atoms with Crippen LogP contribution in [0.1, 0.15) is 50.4 Å². The van der Waals surface area contributed by atoms with Crippen LogP contribution < -0.4 is 11.3 Å². The molecule has 1 saturated carbocycles. The van der Waals surface area contributed by atoms with Crippen LogP contribution in [0.2, 0.25) is 0 Å². The van der Waals surface area contributed by atoms with E-state index in [-0.39, 0.29) is 0 Å². The minimum absolute atomic E-state index is 0.348. The van der Waals surface area contributed by atoms with Crippen molar-refractivity contribution < 1.29 is 0 Å². The fourth-order valence-electron chi connectivity index (χ4n) is 3.16. The molecule has 1 fully saturated rings. The summed E-state index contributed by atoms with van der Waals surface area (Å²) >= 11 is 3.66. The SMILES string of the molecule is CCn1nc(C)c(Br)c1CC(CC1CCCC1)NN. The van der Waals surface area contributed by atoms with Gasteiger partial charge < -0.3 is 0 Å². The fraction of sp³-hybridized carbons (Fsp3) is 0.786. The largest absolute Gasteiger partial charge is 0.271 e. The molecule has 1 atom stereocenters. The first kappa shape index (κ1) is 15.0. The molecular formula is C14H25BrN4. The summed E-state index contributed by atoms with van der Waals surface area (Å²) in [5, 5.41) is 4.55. The standard InChI is InChI=1S/C14H25BrN4/c1-3-19-13(14(15)10(2)18-19)9-12(17-16)8-11-6-4-5-7-11/h11-12,17H,3-9,16H2,1-2H3. The summed E-state index contributed by atoms with van der Waals surface area (Å²) in [7, 11) is 0. The first-order chi connectivity index (χ1) is 9.15. The Kier molecular flexibility index (Phi) is 5.42. The number of rotatable bonds is 6. The molecule has 4 nitrogen and oxygen atoms in total. The van der Waals surface area contributed by atoms with E-state index < -0.39 is 0 Å². The fourth-order valence-corrected chi connectivity index (χ4v) is 3.60. The van der Waals surface area contributed by atoms with E-state index in [1.807, 2.05) is 6.92 Å². The van der Waals surface area contributed by atoms with E-state index in [1.165, 1.54) is 37.8 Å². The van der Waals surface area contributed by atoms with Crippen molar-refractivity contribution >= 4 is 15.9 Å². The third-order valence-electron chi connectivity index (χ3n) is 4.22. The van der Waals surface area contributed by atoms with Crippen molar-refractivity contribution in [3.8, 4) is 0 Å². The van der Waals surface area contributed by atoms with Gasteiger partial charge in [0, 0.05) is 19.0 Å². The third kappa shape index (κ3) is 3.58. The minimum atomic E-state index is 0.348. The number of aromatic nitrogens is 2. The first-order valence-electron chi connectivity index (χ1n) is 7.33. The lowest BCUT2D eigenvalue weighted by Gasteiger charge is -2.20. The Labute approximate surface area is 124 Å². The Morgan fingerprint density at radius 2 is 2.16 bits per heavy atom. The number of nitrogens with zero attached hydrogens (tertiary/aromatic N) is 2. The van der Waals surface area contributed by atoms with E-state index in [0.29, 0.717) is 6.04 Å². The lowest BCUT2D eigenvalue weighted by atomic mass is 9.96. The second-order valence-corrected chi connectivity index (χ2v) is 6.41. The van der Waals surface area contributed by atoms with Gasteiger partial charge in [-0.05, 0) is 42.1 Å². The summed E-state index contributed by atoms with van der Waals surface area (Å²) < 4.78 is 3.22. The summed E-state index contributed by atoms with van der Waals surface area (Å²) in [6.07, 6.45) is 7.63. The van der Waals surface area contributed by atoms with Gasteiger partial charge in [0.1, 0.15) is 0 Å². The van der Waals surface area contributed by atoms with E-state index in [9.17, 15) is 0 Å². The molecule has 1 aliphatic carbocycles. The monoisotopic (exact) mass is 328 g/mol. The highest BCUT2D eigenvalue weighted by Crippen LogP contribution is 2.30. The molecule has 0 radical (unpaired) electrons. The average Bonchev–Trinajstić information content (AvgIpc) is 3.01. The van der Waals surface area contributed by atoms with Crippen LogP contribution in [0.15, 0.2) is 4.47 Å². The topological polar surface area (TPSA) is 55.9 Å². The summed E-state index contributed by atoms with van der Waals surface area (Å²) in [5.74, 6) is 6.60. The molecular weight excluding hydrogens is 304 g/mol. The van der Waals surface area contributed by atoms with Gasteiger partial charge in [-0.25, -0.2) is 0 Å². The molecule has 1 aliphatic rings. The van der Waals surface area contributed by atoms with Crippen molar-refractivity contribution in [3.63, 3.8) is 0 Å². The number of nitrogens with one attached hydrogen (secondary N) is 1. The highest BCUT2D eigenvalue weighted by atomic mass is 79.9. The molecule has 3 N–H and O–H groups in total. The zero-order chi connectivity index (χ0) is 13.8. The molecule has 19 heavy (non-hydrogen) atoms. The number of hydrogen-bond acceptors (Lipinski definition) is 3. The summed E-state index contributed by atoms with van der Waals surface area (Å²) in [5.41, 5.74) is 5.33. The smallest absolute Gasteiger partial charge is 0.0738 e. The zero-order valence-corrected chi connectivity index (χ0v) is 13.5. The second kappa shape index (κ2) is 6.86. The first-order valence-corrected chi connectivity index (χ1v) is 8.12. The molecule has 1 aromatic heterocycles. The van der Waals surface area contributed by atoms with Crippen molar-refractivity contribution in [2.45, 2.75) is 65.0 Å². The Morgan fingerprint density at radius 1 is 1.47 bits per heavy atom. The predicted octanol–water partition coefficient (Wildman–Crippen LogP) is 2.93. The molecule has 108 valence electrons.